The minimum atomic E-state index is -0.773. The van der Waals surface area contributed by atoms with Gasteiger partial charge in [0.15, 0.2) is 0 Å². The summed E-state index contributed by atoms with van der Waals surface area (Å²) in [6.45, 7) is 29.3. The van der Waals surface area contributed by atoms with E-state index in [1.807, 2.05) is 0 Å². The molecule has 0 unspecified atom stereocenters. The highest BCUT2D eigenvalue weighted by Gasteiger charge is 2.20. The molecule has 0 bridgehead atoms. The standard InChI is InChI=1S/C32H34O10.C30H30O10/c1-20(2)28(33)38-13-7-15-40-31(36)25-17-24(23-9-11-27(12-10-23)42-30(35)22(5)6)18-26(19-25)32(37)41-16-8-14-39-29(34)21(3)4;1-18(2)26(31)36-11-13-38-29(34)23-15-22(21-7-9-25(10-8-21)40-28(33)20(5)6)16-24(17-23)30(35)39-14-12-37-27(32)19(3)4/h9-12,17-19H,1,3,5,7-8,13-16H2,2,4,6H3;7-10,15-17H,1,3,5,11-14H2,2,4,6H3. The molecule has 0 saturated heterocycles. The second-order valence-electron chi connectivity index (χ2n) is 17.9. The molecule has 0 amide bonds. The van der Waals surface area contributed by atoms with Crippen LogP contribution in [0.4, 0.5) is 0 Å². The van der Waals surface area contributed by atoms with E-state index in [2.05, 4.69) is 39.5 Å². The fourth-order valence-corrected chi connectivity index (χ4v) is 6.02. The predicted octanol–water partition coefficient (Wildman–Crippen LogP) is 9.55. The Labute approximate surface area is 474 Å². The molecule has 0 heterocycles. The minimum Gasteiger partial charge on any atom is -0.462 e. The number of hydrogen-bond acceptors (Lipinski definition) is 20. The summed E-state index contributed by atoms with van der Waals surface area (Å²) >= 11 is 0. The van der Waals surface area contributed by atoms with E-state index < -0.39 is 59.7 Å². The van der Waals surface area contributed by atoms with Crippen LogP contribution >= 0.6 is 0 Å². The van der Waals surface area contributed by atoms with Crippen LogP contribution in [0.25, 0.3) is 22.3 Å². The van der Waals surface area contributed by atoms with E-state index in [0.717, 1.165) is 0 Å². The zero-order valence-electron chi connectivity index (χ0n) is 46.6. The summed E-state index contributed by atoms with van der Waals surface area (Å²) in [6.07, 6.45) is 0.527. The van der Waals surface area contributed by atoms with Crippen LogP contribution in [0.15, 0.2) is 158 Å². The van der Waals surface area contributed by atoms with Crippen molar-refractivity contribution in [1.29, 1.82) is 0 Å². The molecular formula is C62H64O20. The third-order valence-corrected chi connectivity index (χ3v) is 10.3. The number of hydrogen-bond donors (Lipinski definition) is 0. The zero-order chi connectivity index (χ0) is 61.1. The molecule has 0 radical (unpaired) electrons. The van der Waals surface area contributed by atoms with Crippen molar-refractivity contribution in [2.45, 2.75) is 54.4 Å². The number of rotatable bonds is 28. The molecule has 0 fully saturated rings. The molecule has 4 rings (SSSR count). The van der Waals surface area contributed by atoms with Gasteiger partial charge in [0.25, 0.3) is 0 Å². The first-order valence-corrected chi connectivity index (χ1v) is 25.0. The Morgan fingerprint density at radius 2 is 0.500 bits per heavy atom. The fraction of sp³-hybridized carbons (Fsp3) is 0.258. The van der Waals surface area contributed by atoms with Gasteiger partial charge in [0.2, 0.25) is 0 Å². The van der Waals surface area contributed by atoms with Crippen LogP contribution in [0.1, 0.15) is 95.8 Å². The van der Waals surface area contributed by atoms with Crippen LogP contribution in [0.2, 0.25) is 0 Å². The van der Waals surface area contributed by atoms with Gasteiger partial charge in [0.1, 0.15) is 37.9 Å². The van der Waals surface area contributed by atoms with Crippen LogP contribution in [-0.4, -0.2) is 113 Å². The normalized spacial score (nSPS) is 10.1. The number of esters is 10. The molecule has 0 aromatic heterocycles. The number of carbonyl (C=O) groups is 10. The number of ether oxygens (including phenoxy) is 10. The van der Waals surface area contributed by atoms with Crippen molar-refractivity contribution in [1.82, 2.24) is 0 Å². The van der Waals surface area contributed by atoms with E-state index in [1.54, 1.807) is 60.7 Å². The highest BCUT2D eigenvalue weighted by Crippen LogP contribution is 2.28. The molecule has 82 heavy (non-hydrogen) atoms. The summed E-state index contributed by atoms with van der Waals surface area (Å²) in [7, 11) is 0. The number of benzene rings is 4. The van der Waals surface area contributed by atoms with Gasteiger partial charge < -0.3 is 47.4 Å². The quantitative estimate of drug-likeness (QED) is 0.0168. The Balaban J connectivity index is 0.000000431. The summed E-state index contributed by atoms with van der Waals surface area (Å²) in [6, 6.07) is 21.5. The Kier molecular flexibility index (Phi) is 27.0. The largest absolute Gasteiger partial charge is 0.462 e. The lowest BCUT2D eigenvalue weighted by Crippen LogP contribution is -2.16. The first kappa shape index (κ1) is 66.3. The molecule has 20 heteroatoms. The fourth-order valence-electron chi connectivity index (χ4n) is 6.02. The number of carbonyl (C=O) groups excluding carboxylic acids is 10. The molecule has 4 aromatic rings. The molecule has 0 aliphatic rings. The van der Waals surface area contributed by atoms with E-state index in [0.29, 0.717) is 28.0 Å². The molecule has 0 spiro atoms. The van der Waals surface area contributed by atoms with Gasteiger partial charge in [-0.3, -0.25) is 0 Å². The Hall–Kier alpha value is -9.98. The lowest BCUT2D eigenvalue weighted by Gasteiger charge is -2.12. The first-order valence-electron chi connectivity index (χ1n) is 25.0. The SMILES string of the molecule is C=C(C)C(=O)OCCCOC(=O)c1cc(C(=O)OCCCOC(=O)C(=C)C)cc(-c2ccc(OC(=O)C(=C)C)cc2)c1.C=C(C)C(=O)OCCOC(=O)c1cc(C(=O)OCCOC(=O)C(=C)C)cc(-c2ccc(OC(=O)C(=C)C)cc2)c1. The van der Waals surface area contributed by atoms with Crippen LogP contribution < -0.4 is 9.47 Å². The zero-order valence-corrected chi connectivity index (χ0v) is 46.6. The highest BCUT2D eigenvalue weighted by molar-refractivity contribution is 5.99. The monoisotopic (exact) mass is 1130 g/mol. The second kappa shape index (κ2) is 33.5. The van der Waals surface area contributed by atoms with E-state index >= 15 is 0 Å². The van der Waals surface area contributed by atoms with Crippen LogP contribution in [0.3, 0.4) is 0 Å². The lowest BCUT2D eigenvalue weighted by atomic mass is 9.99. The molecule has 432 valence electrons. The van der Waals surface area contributed by atoms with Gasteiger partial charge in [0, 0.05) is 46.3 Å². The molecule has 0 atom stereocenters. The topological polar surface area (TPSA) is 263 Å². The molecule has 20 nitrogen and oxygen atoms in total. The first-order chi connectivity index (χ1) is 38.8. The van der Waals surface area contributed by atoms with Crippen molar-refractivity contribution in [3.63, 3.8) is 0 Å². The highest BCUT2D eigenvalue weighted by atomic mass is 16.6. The van der Waals surface area contributed by atoms with Crippen molar-refractivity contribution in [2.24, 2.45) is 0 Å². The van der Waals surface area contributed by atoms with Crippen LogP contribution in [0, 0.1) is 0 Å². The van der Waals surface area contributed by atoms with Crippen molar-refractivity contribution < 1.29 is 95.3 Å². The lowest BCUT2D eigenvalue weighted by molar-refractivity contribution is -0.140. The molecule has 0 aliphatic heterocycles. The van der Waals surface area contributed by atoms with Gasteiger partial charge in [-0.1, -0.05) is 63.7 Å². The summed E-state index contributed by atoms with van der Waals surface area (Å²) < 4.78 is 51.2. The smallest absolute Gasteiger partial charge is 0.338 e. The maximum atomic E-state index is 12.8. The maximum Gasteiger partial charge on any atom is 0.338 e. The van der Waals surface area contributed by atoms with Gasteiger partial charge >= 0.3 is 59.7 Å². The van der Waals surface area contributed by atoms with Crippen molar-refractivity contribution in [3.8, 4) is 33.8 Å². The minimum absolute atomic E-state index is 0.0298. The average Bonchev–Trinajstić information content (AvgIpc) is 3.51. The third kappa shape index (κ3) is 23.2. The summed E-state index contributed by atoms with van der Waals surface area (Å²) in [5.74, 6) is -5.82. The van der Waals surface area contributed by atoms with Gasteiger partial charge in [-0.2, -0.15) is 0 Å². The summed E-state index contributed by atoms with van der Waals surface area (Å²) in [5, 5.41) is 0. The van der Waals surface area contributed by atoms with Crippen molar-refractivity contribution in [2.75, 3.05) is 52.9 Å². The summed E-state index contributed by atoms with van der Waals surface area (Å²) in [4.78, 5) is 121. The maximum absolute atomic E-state index is 12.8. The van der Waals surface area contributed by atoms with E-state index in [-0.39, 0.29) is 127 Å². The Morgan fingerprint density at radius 3 is 0.756 bits per heavy atom. The Bertz CT molecular complexity index is 2990. The van der Waals surface area contributed by atoms with E-state index in [9.17, 15) is 47.9 Å². The van der Waals surface area contributed by atoms with E-state index in [4.69, 9.17) is 47.4 Å². The molecule has 0 N–H and O–H groups in total. The van der Waals surface area contributed by atoms with Gasteiger partial charge in [0.05, 0.1) is 48.7 Å². The van der Waals surface area contributed by atoms with Gasteiger partial charge in [-0.25, -0.2) is 47.9 Å². The molecule has 4 aromatic carbocycles. The average molecular weight is 1130 g/mol. The van der Waals surface area contributed by atoms with Crippen molar-refractivity contribution in [3.05, 3.63) is 180 Å². The second-order valence-corrected chi connectivity index (χ2v) is 17.9. The van der Waals surface area contributed by atoms with Gasteiger partial charge in [-0.15, -0.1) is 0 Å². The molecule has 0 aliphatic carbocycles. The Morgan fingerprint density at radius 1 is 0.280 bits per heavy atom. The summed E-state index contributed by atoms with van der Waals surface area (Å²) in [5.41, 5.74) is 3.82. The van der Waals surface area contributed by atoms with Gasteiger partial charge in [-0.05, 0) is 124 Å². The van der Waals surface area contributed by atoms with E-state index in [1.165, 1.54) is 65.8 Å². The van der Waals surface area contributed by atoms with Crippen LogP contribution in [0.5, 0.6) is 11.5 Å². The van der Waals surface area contributed by atoms with Crippen LogP contribution in [-0.2, 0) is 66.7 Å². The third-order valence-electron chi connectivity index (χ3n) is 10.3. The predicted molar refractivity (Wildman–Crippen MR) is 298 cm³/mol. The molecule has 0 saturated carbocycles. The molecular weight excluding hydrogens is 1060 g/mol. The van der Waals surface area contributed by atoms with Crippen molar-refractivity contribution >= 4 is 59.7 Å².